The van der Waals surface area contributed by atoms with E-state index in [-0.39, 0.29) is 16.2 Å². The standard InChI is InChI=1S/C18H23ClF2N4O2S2/c1-22-12(6-11-4-2-3-5-11)9-23-15-8-14(20)16(7-13(15)19)29(26,27)25-18-24-10-17(21)28-18/h7-8,10-12,22-23H,2-6,9H2,1H3,(H,24,25). The molecule has 0 amide bonds. The van der Waals surface area contributed by atoms with Crippen molar-refractivity contribution in [1.29, 1.82) is 0 Å². The van der Waals surface area contributed by atoms with E-state index in [1.165, 1.54) is 25.7 Å². The van der Waals surface area contributed by atoms with Gasteiger partial charge in [-0.2, -0.15) is 4.39 Å². The maximum atomic E-state index is 14.5. The van der Waals surface area contributed by atoms with Crippen LogP contribution < -0.4 is 15.4 Å². The highest BCUT2D eigenvalue weighted by molar-refractivity contribution is 7.93. The first-order valence-electron chi connectivity index (χ1n) is 9.33. The first-order chi connectivity index (χ1) is 13.8. The average Bonchev–Trinajstić information content (AvgIpc) is 3.32. The minimum atomic E-state index is -4.29. The van der Waals surface area contributed by atoms with E-state index in [9.17, 15) is 17.2 Å². The predicted octanol–water partition coefficient (Wildman–Crippen LogP) is 4.46. The van der Waals surface area contributed by atoms with Crippen LogP contribution in [0.3, 0.4) is 0 Å². The van der Waals surface area contributed by atoms with Gasteiger partial charge in [-0.05, 0) is 31.5 Å². The first kappa shape index (κ1) is 22.2. The fourth-order valence-electron chi connectivity index (χ4n) is 3.53. The summed E-state index contributed by atoms with van der Waals surface area (Å²) >= 11 is 6.70. The highest BCUT2D eigenvalue weighted by Gasteiger charge is 2.24. The molecule has 11 heteroatoms. The van der Waals surface area contributed by atoms with Gasteiger partial charge in [0.2, 0.25) is 0 Å². The molecule has 0 aliphatic heterocycles. The Hall–Kier alpha value is -1.49. The van der Waals surface area contributed by atoms with Crippen molar-refractivity contribution < 1.29 is 17.2 Å². The number of halogens is 3. The van der Waals surface area contributed by atoms with Gasteiger partial charge in [-0.25, -0.2) is 17.8 Å². The van der Waals surface area contributed by atoms with Crippen LogP contribution >= 0.6 is 22.9 Å². The van der Waals surface area contributed by atoms with Crippen molar-refractivity contribution in [2.24, 2.45) is 5.92 Å². The fourth-order valence-corrected chi connectivity index (χ4v) is 5.69. The fraction of sp³-hybridized carbons (Fsp3) is 0.500. The molecule has 1 unspecified atom stereocenters. The molecule has 29 heavy (non-hydrogen) atoms. The summed E-state index contributed by atoms with van der Waals surface area (Å²) in [7, 11) is -2.41. The molecule has 1 aliphatic rings. The number of hydrogen-bond acceptors (Lipinski definition) is 6. The maximum absolute atomic E-state index is 14.5. The van der Waals surface area contributed by atoms with Crippen LogP contribution in [0.15, 0.2) is 23.2 Å². The van der Waals surface area contributed by atoms with Crippen LogP contribution in [0.25, 0.3) is 0 Å². The zero-order chi connectivity index (χ0) is 21.0. The van der Waals surface area contributed by atoms with Crippen LogP contribution in [-0.4, -0.2) is 33.0 Å². The van der Waals surface area contributed by atoms with E-state index >= 15 is 0 Å². The first-order valence-corrected chi connectivity index (χ1v) is 12.0. The third-order valence-electron chi connectivity index (χ3n) is 5.05. The molecule has 2 aromatic rings. The molecule has 0 saturated heterocycles. The molecule has 1 atom stereocenters. The lowest BCUT2D eigenvalue weighted by Gasteiger charge is -2.21. The highest BCUT2D eigenvalue weighted by Crippen LogP contribution is 2.31. The Labute approximate surface area is 178 Å². The van der Waals surface area contributed by atoms with Crippen LogP contribution in [0.1, 0.15) is 32.1 Å². The average molecular weight is 465 g/mol. The topological polar surface area (TPSA) is 83.1 Å². The summed E-state index contributed by atoms with van der Waals surface area (Å²) in [5.41, 5.74) is 0.315. The third kappa shape index (κ3) is 5.78. The van der Waals surface area contributed by atoms with Gasteiger partial charge in [-0.15, -0.1) is 0 Å². The van der Waals surface area contributed by atoms with Gasteiger partial charge in [0.25, 0.3) is 10.0 Å². The summed E-state index contributed by atoms with van der Waals surface area (Å²) in [5.74, 6) is -0.269. The second-order valence-corrected chi connectivity index (χ2v) is 10.1. The van der Waals surface area contributed by atoms with E-state index in [0.29, 0.717) is 29.5 Å². The molecule has 1 heterocycles. The lowest BCUT2D eigenvalue weighted by molar-refractivity contribution is 0.415. The molecule has 0 radical (unpaired) electrons. The molecular weight excluding hydrogens is 442 g/mol. The second kappa shape index (κ2) is 9.55. The number of nitrogens with one attached hydrogen (secondary N) is 3. The summed E-state index contributed by atoms with van der Waals surface area (Å²) in [4.78, 5) is 2.95. The number of nitrogens with zero attached hydrogens (tertiary/aromatic N) is 1. The van der Waals surface area contributed by atoms with Crippen molar-refractivity contribution in [2.45, 2.75) is 43.0 Å². The third-order valence-corrected chi connectivity index (χ3v) is 7.55. The van der Waals surface area contributed by atoms with Crippen LogP contribution in [0.2, 0.25) is 5.02 Å². The molecule has 1 aromatic heterocycles. The Morgan fingerprint density at radius 3 is 2.66 bits per heavy atom. The van der Waals surface area contributed by atoms with Gasteiger partial charge >= 0.3 is 0 Å². The molecule has 1 saturated carbocycles. The quantitative estimate of drug-likeness (QED) is 0.510. The summed E-state index contributed by atoms with van der Waals surface area (Å²) < 4.78 is 54.4. The molecule has 1 aliphatic carbocycles. The molecular formula is C18H23ClF2N4O2S2. The van der Waals surface area contributed by atoms with Crippen LogP contribution in [0, 0.1) is 16.9 Å². The minimum Gasteiger partial charge on any atom is -0.382 e. The van der Waals surface area contributed by atoms with Crippen LogP contribution in [0.4, 0.5) is 19.6 Å². The summed E-state index contributed by atoms with van der Waals surface area (Å²) in [6.07, 6.45) is 6.89. The molecule has 6 nitrogen and oxygen atoms in total. The molecule has 1 fully saturated rings. The normalized spacial score (nSPS) is 16.1. The van der Waals surface area contributed by atoms with Gasteiger partial charge in [-0.3, -0.25) is 4.72 Å². The van der Waals surface area contributed by atoms with Gasteiger partial charge in [0.05, 0.1) is 16.9 Å². The molecule has 3 N–H and O–H groups in total. The van der Waals surface area contributed by atoms with Crippen molar-refractivity contribution in [3.05, 3.63) is 34.3 Å². The lowest BCUT2D eigenvalue weighted by atomic mass is 9.98. The molecule has 3 rings (SSSR count). The molecule has 160 valence electrons. The van der Waals surface area contributed by atoms with Crippen molar-refractivity contribution in [3.8, 4) is 0 Å². The summed E-state index contributed by atoms with van der Waals surface area (Å²) in [6.45, 7) is 0.537. The highest BCUT2D eigenvalue weighted by atomic mass is 35.5. The van der Waals surface area contributed by atoms with E-state index in [0.717, 1.165) is 24.8 Å². The second-order valence-electron chi connectivity index (χ2n) is 7.09. The number of rotatable bonds is 9. The van der Waals surface area contributed by atoms with Crippen molar-refractivity contribution in [3.63, 3.8) is 0 Å². The minimum absolute atomic E-state index is 0.0767. The number of aromatic nitrogens is 1. The van der Waals surface area contributed by atoms with Gasteiger partial charge in [-0.1, -0.05) is 48.6 Å². The van der Waals surface area contributed by atoms with E-state index in [1.807, 2.05) is 7.05 Å². The predicted molar refractivity (Wildman–Crippen MR) is 112 cm³/mol. The number of thiazole rings is 1. The Bertz CT molecular complexity index is 949. The molecule has 0 bridgehead atoms. The number of benzene rings is 1. The van der Waals surface area contributed by atoms with Crippen molar-refractivity contribution in [2.75, 3.05) is 23.6 Å². The van der Waals surface area contributed by atoms with E-state index in [2.05, 4.69) is 20.3 Å². The Balaban J connectivity index is 1.69. The lowest BCUT2D eigenvalue weighted by Crippen LogP contribution is -2.34. The van der Waals surface area contributed by atoms with Gasteiger partial charge in [0, 0.05) is 12.6 Å². The zero-order valence-electron chi connectivity index (χ0n) is 15.8. The van der Waals surface area contributed by atoms with Gasteiger partial charge in [0.1, 0.15) is 10.7 Å². The van der Waals surface area contributed by atoms with Gasteiger partial charge < -0.3 is 10.6 Å². The number of anilines is 2. The van der Waals surface area contributed by atoms with Gasteiger partial charge in [0.15, 0.2) is 10.3 Å². The number of likely N-dealkylation sites (N-methyl/N-ethyl adjacent to an activating group) is 1. The zero-order valence-corrected chi connectivity index (χ0v) is 18.2. The summed E-state index contributed by atoms with van der Waals surface area (Å²) in [5, 5.41) is 5.59. The number of sulfonamides is 1. The maximum Gasteiger partial charge on any atom is 0.266 e. The largest absolute Gasteiger partial charge is 0.382 e. The van der Waals surface area contributed by atoms with Crippen LogP contribution in [-0.2, 0) is 10.0 Å². The SMILES string of the molecule is CNC(CNc1cc(F)c(S(=O)(=O)Nc2ncc(F)s2)cc1Cl)CC1CCCC1. The smallest absolute Gasteiger partial charge is 0.266 e. The number of hydrogen-bond donors (Lipinski definition) is 3. The van der Waals surface area contributed by atoms with Crippen molar-refractivity contribution >= 4 is 43.8 Å². The van der Waals surface area contributed by atoms with E-state index < -0.39 is 25.9 Å². The van der Waals surface area contributed by atoms with Crippen LogP contribution in [0.5, 0.6) is 0 Å². The Morgan fingerprint density at radius 2 is 2.03 bits per heavy atom. The monoisotopic (exact) mass is 464 g/mol. The van der Waals surface area contributed by atoms with E-state index in [1.54, 1.807) is 0 Å². The Morgan fingerprint density at radius 1 is 1.31 bits per heavy atom. The summed E-state index contributed by atoms with van der Waals surface area (Å²) in [6, 6.07) is 2.29. The van der Waals surface area contributed by atoms with E-state index in [4.69, 9.17) is 11.6 Å². The van der Waals surface area contributed by atoms with Crippen molar-refractivity contribution in [1.82, 2.24) is 10.3 Å². The Kier molecular flexibility index (Phi) is 7.31. The molecule has 0 spiro atoms. The molecule has 1 aromatic carbocycles.